The van der Waals surface area contributed by atoms with E-state index in [-0.39, 0.29) is 0 Å². The first-order valence-corrected chi connectivity index (χ1v) is 7.58. The number of anilines is 1. The van der Waals surface area contributed by atoms with Crippen molar-refractivity contribution in [1.29, 1.82) is 0 Å². The highest BCUT2D eigenvalue weighted by atomic mass is 16.5. The lowest BCUT2D eigenvalue weighted by Gasteiger charge is -2.12. The molecule has 5 nitrogen and oxygen atoms in total. The number of nitrogens with zero attached hydrogens (tertiary/aromatic N) is 1. The number of guanidine groups is 1. The average Bonchev–Trinajstić information content (AvgIpc) is 3.33. The van der Waals surface area contributed by atoms with Crippen molar-refractivity contribution in [2.45, 2.75) is 19.4 Å². The molecule has 1 saturated carbocycles. The van der Waals surface area contributed by atoms with Crippen LogP contribution in [0.1, 0.15) is 18.4 Å². The number of rotatable bonds is 8. The standard InChI is InChI=1S/C16H26N4O/c1-17-16(19-11-13-3-4-13)20-12-14-5-7-15(8-6-14)18-9-10-21-2/h5-8,13,18H,3-4,9-12H2,1-2H3,(H2,17,19,20). The summed E-state index contributed by atoms with van der Waals surface area (Å²) in [5.74, 6) is 1.73. The molecule has 21 heavy (non-hydrogen) atoms. The first-order valence-electron chi connectivity index (χ1n) is 7.58. The lowest BCUT2D eigenvalue weighted by atomic mass is 10.2. The molecule has 1 aromatic carbocycles. The van der Waals surface area contributed by atoms with E-state index in [0.717, 1.165) is 37.2 Å². The zero-order valence-corrected chi connectivity index (χ0v) is 13.0. The van der Waals surface area contributed by atoms with Crippen LogP contribution in [0.15, 0.2) is 29.3 Å². The Hall–Kier alpha value is -1.75. The lowest BCUT2D eigenvalue weighted by molar-refractivity contribution is 0.211. The third kappa shape index (κ3) is 6.04. The summed E-state index contributed by atoms with van der Waals surface area (Å²) >= 11 is 0. The van der Waals surface area contributed by atoms with Gasteiger partial charge in [-0.1, -0.05) is 12.1 Å². The number of nitrogens with one attached hydrogen (secondary N) is 3. The number of aliphatic imine (C=N–C) groups is 1. The molecule has 1 fully saturated rings. The predicted molar refractivity (Wildman–Crippen MR) is 87.7 cm³/mol. The van der Waals surface area contributed by atoms with E-state index in [9.17, 15) is 0 Å². The van der Waals surface area contributed by atoms with Gasteiger partial charge in [0.25, 0.3) is 0 Å². The van der Waals surface area contributed by atoms with Crippen molar-refractivity contribution in [2.24, 2.45) is 10.9 Å². The zero-order valence-electron chi connectivity index (χ0n) is 13.0. The molecule has 0 bridgehead atoms. The zero-order chi connectivity index (χ0) is 14.9. The van der Waals surface area contributed by atoms with Crippen molar-refractivity contribution in [1.82, 2.24) is 10.6 Å². The summed E-state index contributed by atoms with van der Waals surface area (Å²) in [7, 11) is 3.52. The van der Waals surface area contributed by atoms with E-state index in [2.05, 4.69) is 45.2 Å². The smallest absolute Gasteiger partial charge is 0.191 e. The highest BCUT2D eigenvalue weighted by Crippen LogP contribution is 2.27. The van der Waals surface area contributed by atoms with Gasteiger partial charge in [0, 0.05) is 39.5 Å². The Bertz CT molecular complexity index is 440. The third-order valence-electron chi connectivity index (χ3n) is 3.53. The molecule has 0 radical (unpaired) electrons. The quantitative estimate of drug-likeness (QED) is 0.388. The molecule has 0 atom stereocenters. The Balaban J connectivity index is 1.71. The van der Waals surface area contributed by atoms with Gasteiger partial charge in [0.05, 0.1) is 6.61 Å². The van der Waals surface area contributed by atoms with Crippen LogP contribution in [-0.4, -0.2) is 39.8 Å². The summed E-state index contributed by atoms with van der Waals surface area (Å²) in [5.41, 5.74) is 2.36. The van der Waals surface area contributed by atoms with Crippen LogP contribution >= 0.6 is 0 Å². The normalized spacial score (nSPS) is 14.9. The highest BCUT2D eigenvalue weighted by molar-refractivity contribution is 5.79. The summed E-state index contributed by atoms with van der Waals surface area (Å²) in [6.45, 7) is 3.35. The summed E-state index contributed by atoms with van der Waals surface area (Å²) in [6.07, 6.45) is 2.70. The van der Waals surface area contributed by atoms with Crippen molar-refractivity contribution in [3.05, 3.63) is 29.8 Å². The topological polar surface area (TPSA) is 57.7 Å². The number of hydrogen-bond acceptors (Lipinski definition) is 3. The molecule has 0 aliphatic heterocycles. The molecule has 1 aliphatic carbocycles. The fourth-order valence-electron chi connectivity index (χ4n) is 2.01. The number of methoxy groups -OCH3 is 1. The second-order valence-electron chi connectivity index (χ2n) is 5.37. The minimum absolute atomic E-state index is 0.715. The molecule has 0 unspecified atom stereocenters. The van der Waals surface area contributed by atoms with Gasteiger partial charge in [0.15, 0.2) is 5.96 Å². The minimum Gasteiger partial charge on any atom is -0.383 e. The molecule has 1 aromatic rings. The Morgan fingerprint density at radius 1 is 1.24 bits per heavy atom. The maximum absolute atomic E-state index is 5.02. The fourth-order valence-corrected chi connectivity index (χ4v) is 2.01. The van der Waals surface area contributed by atoms with E-state index in [4.69, 9.17) is 4.74 Å². The summed E-state index contributed by atoms with van der Waals surface area (Å²) in [4.78, 5) is 4.24. The maximum Gasteiger partial charge on any atom is 0.191 e. The molecule has 0 heterocycles. The molecule has 0 saturated heterocycles. The SMILES string of the molecule is CN=C(NCc1ccc(NCCOC)cc1)NCC1CC1. The van der Waals surface area contributed by atoms with Crippen molar-refractivity contribution >= 4 is 11.6 Å². The first-order chi connectivity index (χ1) is 10.3. The van der Waals surface area contributed by atoms with Gasteiger partial charge in [-0.05, 0) is 36.5 Å². The van der Waals surface area contributed by atoms with Crippen LogP contribution in [0.3, 0.4) is 0 Å². The van der Waals surface area contributed by atoms with Crippen LogP contribution in [0.2, 0.25) is 0 Å². The fraction of sp³-hybridized carbons (Fsp3) is 0.562. The number of ether oxygens (including phenoxy) is 1. The van der Waals surface area contributed by atoms with Crippen LogP contribution in [-0.2, 0) is 11.3 Å². The van der Waals surface area contributed by atoms with Gasteiger partial charge in [-0.15, -0.1) is 0 Å². The van der Waals surface area contributed by atoms with Gasteiger partial charge in [0.1, 0.15) is 0 Å². The maximum atomic E-state index is 5.02. The number of hydrogen-bond donors (Lipinski definition) is 3. The van der Waals surface area contributed by atoms with Crippen LogP contribution in [0, 0.1) is 5.92 Å². The van der Waals surface area contributed by atoms with Crippen LogP contribution in [0.25, 0.3) is 0 Å². The Labute approximate surface area is 127 Å². The molecule has 0 aromatic heterocycles. The van der Waals surface area contributed by atoms with Gasteiger partial charge in [-0.2, -0.15) is 0 Å². The van der Waals surface area contributed by atoms with E-state index >= 15 is 0 Å². The monoisotopic (exact) mass is 290 g/mol. The van der Waals surface area contributed by atoms with Gasteiger partial charge in [-0.3, -0.25) is 4.99 Å². The molecule has 5 heteroatoms. The largest absolute Gasteiger partial charge is 0.383 e. The molecule has 116 valence electrons. The minimum atomic E-state index is 0.715. The molecule has 3 N–H and O–H groups in total. The van der Waals surface area contributed by atoms with Gasteiger partial charge >= 0.3 is 0 Å². The van der Waals surface area contributed by atoms with Gasteiger partial charge in [0.2, 0.25) is 0 Å². The van der Waals surface area contributed by atoms with E-state index in [1.807, 2.05) is 7.05 Å². The molecular formula is C16H26N4O. The van der Waals surface area contributed by atoms with E-state index in [1.165, 1.54) is 18.4 Å². The summed E-state index contributed by atoms with van der Waals surface area (Å²) in [6, 6.07) is 8.42. The average molecular weight is 290 g/mol. The van der Waals surface area contributed by atoms with Crippen molar-refractivity contribution < 1.29 is 4.74 Å². The first kappa shape index (κ1) is 15.6. The third-order valence-corrected chi connectivity index (χ3v) is 3.53. The van der Waals surface area contributed by atoms with Gasteiger partial charge < -0.3 is 20.7 Å². The molecule has 0 spiro atoms. The van der Waals surface area contributed by atoms with Gasteiger partial charge in [-0.25, -0.2) is 0 Å². The highest BCUT2D eigenvalue weighted by Gasteiger charge is 2.20. The molecule has 0 amide bonds. The molecule has 1 aliphatic rings. The van der Waals surface area contributed by atoms with Crippen LogP contribution < -0.4 is 16.0 Å². The molecular weight excluding hydrogens is 264 g/mol. The summed E-state index contributed by atoms with van der Waals surface area (Å²) < 4.78 is 5.02. The van der Waals surface area contributed by atoms with Crippen molar-refractivity contribution in [3.63, 3.8) is 0 Å². The Morgan fingerprint density at radius 2 is 2.00 bits per heavy atom. The van der Waals surface area contributed by atoms with E-state index < -0.39 is 0 Å². The lowest BCUT2D eigenvalue weighted by Crippen LogP contribution is -2.37. The van der Waals surface area contributed by atoms with Crippen LogP contribution in [0.4, 0.5) is 5.69 Å². The van der Waals surface area contributed by atoms with Crippen LogP contribution in [0.5, 0.6) is 0 Å². The second-order valence-corrected chi connectivity index (χ2v) is 5.37. The number of benzene rings is 1. The predicted octanol–water partition coefficient (Wildman–Crippen LogP) is 1.82. The second kappa shape index (κ2) is 8.52. The van der Waals surface area contributed by atoms with E-state index in [0.29, 0.717) is 6.61 Å². The summed E-state index contributed by atoms with van der Waals surface area (Å²) in [5, 5.41) is 10.0. The van der Waals surface area contributed by atoms with Crippen molar-refractivity contribution in [2.75, 3.05) is 39.2 Å². The Kier molecular flexibility index (Phi) is 6.34. The Morgan fingerprint density at radius 3 is 2.62 bits per heavy atom. The van der Waals surface area contributed by atoms with E-state index in [1.54, 1.807) is 7.11 Å². The molecule has 2 rings (SSSR count). The van der Waals surface area contributed by atoms with Crippen molar-refractivity contribution in [3.8, 4) is 0 Å².